The van der Waals surface area contributed by atoms with E-state index in [1.165, 1.54) is 26.0 Å². The Balaban J connectivity index is 3.25. The van der Waals surface area contributed by atoms with Crippen LogP contribution in [0.4, 0.5) is 5.69 Å². The second-order valence-electron chi connectivity index (χ2n) is 4.12. The molecule has 8 heteroatoms. The molecule has 1 aromatic rings. The van der Waals surface area contributed by atoms with Crippen LogP contribution in [0.25, 0.3) is 0 Å². The van der Waals surface area contributed by atoms with Gasteiger partial charge in [0.1, 0.15) is 0 Å². The summed E-state index contributed by atoms with van der Waals surface area (Å²) in [6, 6.07) is 4.69. The van der Waals surface area contributed by atoms with E-state index in [1.54, 1.807) is 0 Å². The molecule has 0 aliphatic heterocycles. The van der Waals surface area contributed by atoms with Crippen molar-refractivity contribution in [1.82, 2.24) is 0 Å². The fraction of sp³-hybridized carbons (Fsp3) is 0.417. The average Bonchev–Trinajstić information content (AvgIpc) is 2.45. The molecule has 0 saturated heterocycles. The van der Waals surface area contributed by atoms with Crippen molar-refractivity contribution in [3.8, 4) is 0 Å². The summed E-state index contributed by atoms with van der Waals surface area (Å²) in [5.74, 6) is -1.03. The molecular formula is C12H14ClNO5S. The van der Waals surface area contributed by atoms with Gasteiger partial charge in [-0.25, -0.2) is 8.42 Å². The number of alkyl halides is 1. The predicted molar refractivity (Wildman–Crippen MR) is 75.8 cm³/mol. The molecule has 0 N–H and O–H groups in total. The van der Waals surface area contributed by atoms with E-state index in [-0.39, 0.29) is 23.4 Å². The first kappa shape index (κ1) is 16.6. The van der Waals surface area contributed by atoms with E-state index in [0.29, 0.717) is 0 Å². The average molecular weight is 320 g/mol. The lowest BCUT2D eigenvalue weighted by Gasteiger charge is -2.23. The zero-order chi connectivity index (χ0) is 15.6. The third-order valence-electron chi connectivity index (χ3n) is 3.01. The predicted octanol–water partition coefficient (Wildman–Crippen LogP) is 2.56. The second-order valence-corrected chi connectivity index (χ2v) is 7.49. The molecule has 6 nitrogen and oxygen atoms in total. The first-order valence-corrected chi connectivity index (χ1v) is 7.93. The van der Waals surface area contributed by atoms with E-state index in [0.717, 1.165) is 12.1 Å². The van der Waals surface area contributed by atoms with Crippen molar-refractivity contribution in [2.75, 3.05) is 5.75 Å². The Hall–Kier alpha value is -1.47. The Morgan fingerprint density at radius 2 is 1.80 bits per heavy atom. The highest BCUT2D eigenvalue weighted by atomic mass is 35.5. The van der Waals surface area contributed by atoms with Crippen molar-refractivity contribution >= 4 is 32.9 Å². The van der Waals surface area contributed by atoms with Gasteiger partial charge in [-0.2, -0.15) is 0 Å². The number of ketones is 1. The van der Waals surface area contributed by atoms with Crippen molar-refractivity contribution in [1.29, 1.82) is 0 Å². The molecule has 1 atom stereocenters. The number of non-ortho nitro benzene ring substituents is 1. The maximum absolute atomic E-state index is 12.3. The zero-order valence-electron chi connectivity index (χ0n) is 11.0. The summed E-state index contributed by atoms with van der Waals surface area (Å²) in [5.41, 5.74) is -0.152. The Morgan fingerprint density at radius 1 is 1.30 bits per heavy atom. The standard InChI is InChI=1S/C12H14ClNO5S/c1-3-12(13,20(18,19)4-2)11(15)9-5-7-10(8-6-9)14(16)17/h5-8H,3-4H2,1-2H3/t12-/m0/s1. The molecule has 0 amide bonds. The maximum Gasteiger partial charge on any atom is 0.269 e. The van der Waals surface area contributed by atoms with Crippen LogP contribution < -0.4 is 0 Å². The number of hydrogen-bond donors (Lipinski definition) is 0. The minimum absolute atomic E-state index is 0.0319. The Bertz CT molecular complexity index is 626. The van der Waals surface area contributed by atoms with Gasteiger partial charge in [0.2, 0.25) is 4.21 Å². The number of sulfone groups is 1. The summed E-state index contributed by atoms with van der Waals surface area (Å²) in [6.07, 6.45) is -0.0828. The topological polar surface area (TPSA) is 94.3 Å². The third-order valence-corrected chi connectivity index (χ3v) is 6.37. The Morgan fingerprint density at radius 3 is 2.15 bits per heavy atom. The molecule has 0 unspecified atom stereocenters. The van der Waals surface area contributed by atoms with Gasteiger partial charge in [0, 0.05) is 23.4 Å². The molecule has 0 aliphatic carbocycles. The molecule has 110 valence electrons. The van der Waals surface area contributed by atoms with E-state index >= 15 is 0 Å². The van der Waals surface area contributed by atoms with Crippen LogP contribution in [0.15, 0.2) is 24.3 Å². The summed E-state index contributed by atoms with van der Waals surface area (Å²) in [6.45, 7) is 2.91. The van der Waals surface area contributed by atoms with Gasteiger partial charge in [-0.1, -0.05) is 25.4 Å². The first-order chi connectivity index (χ1) is 9.19. The first-order valence-electron chi connectivity index (χ1n) is 5.90. The summed E-state index contributed by atoms with van der Waals surface area (Å²) in [5, 5.41) is 10.5. The number of Topliss-reactive ketones (excluding diaryl/α,β-unsaturated/α-hetero) is 1. The number of nitro groups is 1. The lowest BCUT2D eigenvalue weighted by atomic mass is 10.1. The SMILES string of the molecule is CC[C@@](Cl)(C(=O)c1ccc([N+](=O)[O-])cc1)S(=O)(=O)CC. The normalized spacial score (nSPS) is 14.6. The van der Waals surface area contributed by atoms with Crippen LogP contribution >= 0.6 is 11.6 Å². The van der Waals surface area contributed by atoms with E-state index in [9.17, 15) is 23.3 Å². The van der Waals surface area contributed by atoms with Crippen molar-refractivity contribution < 1.29 is 18.1 Å². The molecule has 0 aromatic heterocycles. The smallest absolute Gasteiger partial charge is 0.269 e. The van der Waals surface area contributed by atoms with E-state index in [4.69, 9.17) is 11.6 Å². The van der Waals surface area contributed by atoms with Crippen LogP contribution in [0.5, 0.6) is 0 Å². The molecular weight excluding hydrogens is 306 g/mol. The molecule has 0 aliphatic rings. The van der Waals surface area contributed by atoms with Gasteiger partial charge in [0.05, 0.1) is 4.92 Å². The zero-order valence-corrected chi connectivity index (χ0v) is 12.6. The van der Waals surface area contributed by atoms with Gasteiger partial charge < -0.3 is 0 Å². The number of rotatable bonds is 6. The quantitative estimate of drug-likeness (QED) is 0.347. The van der Waals surface area contributed by atoms with Crippen molar-refractivity contribution in [2.45, 2.75) is 24.5 Å². The van der Waals surface area contributed by atoms with Gasteiger partial charge in [-0.15, -0.1) is 0 Å². The highest BCUT2D eigenvalue weighted by Gasteiger charge is 2.46. The Kier molecular flexibility index (Phi) is 4.88. The van der Waals surface area contributed by atoms with Crippen molar-refractivity contribution in [3.63, 3.8) is 0 Å². The van der Waals surface area contributed by atoms with E-state index in [1.807, 2.05) is 0 Å². The van der Waals surface area contributed by atoms with Crippen LogP contribution in [-0.2, 0) is 9.84 Å². The molecule has 20 heavy (non-hydrogen) atoms. The van der Waals surface area contributed by atoms with Gasteiger partial charge in [0.15, 0.2) is 15.6 Å². The van der Waals surface area contributed by atoms with Crippen LogP contribution in [-0.4, -0.2) is 29.1 Å². The highest BCUT2D eigenvalue weighted by molar-refractivity contribution is 7.95. The van der Waals surface area contributed by atoms with Gasteiger partial charge in [-0.05, 0) is 18.6 Å². The molecule has 0 fully saturated rings. The van der Waals surface area contributed by atoms with Crippen molar-refractivity contribution in [3.05, 3.63) is 39.9 Å². The fourth-order valence-electron chi connectivity index (χ4n) is 1.70. The lowest BCUT2D eigenvalue weighted by molar-refractivity contribution is -0.384. The number of nitrogens with zero attached hydrogens (tertiary/aromatic N) is 1. The summed E-state index contributed by atoms with van der Waals surface area (Å²) < 4.78 is 21.9. The molecule has 0 saturated carbocycles. The minimum atomic E-state index is -3.80. The molecule has 0 spiro atoms. The maximum atomic E-state index is 12.3. The molecule has 1 rings (SSSR count). The van der Waals surface area contributed by atoms with Crippen LogP contribution in [0.2, 0.25) is 0 Å². The van der Waals surface area contributed by atoms with Gasteiger partial charge >= 0.3 is 0 Å². The molecule has 0 heterocycles. The largest absolute Gasteiger partial charge is 0.291 e. The summed E-state index contributed by atoms with van der Waals surface area (Å²) >= 11 is 6.03. The van der Waals surface area contributed by atoms with Crippen LogP contribution in [0.3, 0.4) is 0 Å². The minimum Gasteiger partial charge on any atom is -0.291 e. The van der Waals surface area contributed by atoms with E-state index in [2.05, 4.69) is 0 Å². The van der Waals surface area contributed by atoms with Gasteiger partial charge in [0.25, 0.3) is 5.69 Å². The van der Waals surface area contributed by atoms with Crippen molar-refractivity contribution in [2.24, 2.45) is 0 Å². The molecule has 0 bridgehead atoms. The monoisotopic (exact) mass is 319 g/mol. The summed E-state index contributed by atoms with van der Waals surface area (Å²) in [7, 11) is -3.80. The number of carbonyl (C=O) groups excluding carboxylic acids is 1. The Labute approximate surface area is 121 Å². The third kappa shape index (κ3) is 2.83. The molecule has 0 radical (unpaired) electrons. The summed E-state index contributed by atoms with van der Waals surface area (Å²) in [4.78, 5) is 22.2. The second kappa shape index (κ2) is 5.88. The van der Waals surface area contributed by atoms with Crippen LogP contribution in [0.1, 0.15) is 30.6 Å². The van der Waals surface area contributed by atoms with E-state index < -0.39 is 24.8 Å². The number of hydrogen-bond acceptors (Lipinski definition) is 5. The number of benzene rings is 1. The fourth-order valence-corrected chi connectivity index (χ4v) is 3.43. The van der Waals surface area contributed by atoms with Crippen LogP contribution in [0, 0.1) is 10.1 Å². The lowest BCUT2D eigenvalue weighted by Crippen LogP contribution is -2.41. The van der Waals surface area contributed by atoms with Gasteiger partial charge in [-0.3, -0.25) is 14.9 Å². The molecule has 1 aromatic carbocycles. The number of nitro benzene ring substituents is 1. The number of carbonyl (C=O) groups is 1. The highest BCUT2D eigenvalue weighted by Crippen LogP contribution is 2.32. The number of halogens is 1.